The van der Waals surface area contributed by atoms with Gasteiger partial charge < -0.3 is 9.47 Å². The molecule has 0 saturated heterocycles. The first-order chi connectivity index (χ1) is 11.0. The largest absolute Gasteiger partial charge is 0.486 e. The predicted molar refractivity (Wildman–Crippen MR) is 89.6 cm³/mol. The van der Waals surface area contributed by atoms with Gasteiger partial charge in [-0.2, -0.15) is 0 Å². The van der Waals surface area contributed by atoms with E-state index in [1.807, 2.05) is 31.2 Å². The van der Waals surface area contributed by atoms with Gasteiger partial charge in [-0.05, 0) is 24.6 Å². The van der Waals surface area contributed by atoms with E-state index in [-0.39, 0.29) is 5.75 Å². The molecule has 1 aliphatic rings. The highest BCUT2D eigenvalue weighted by Gasteiger charge is 2.21. The first kappa shape index (κ1) is 15.7. The summed E-state index contributed by atoms with van der Waals surface area (Å²) in [5.74, 6) is 1.18. The van der Waals surface area contributed by atoms with E-state index in [4.69, 9.17) is 9.47 Å². The smallest absolute Gasteiger partial charge is 0.239 e. The van der Waals surface area contributed by atoms with Crippen LogP contribution < -0.4 is 13.8 Å². The van der Waals surface area contributed by atoms with E-state index in [0.29, 0.717) is 30.4 Å². The molecule has 0 fully saturated rings. The third-order valence-electron chi connectivity index (χ3n) is 3.74. The van der Waals surface area contributed by atoms with Gasteiger partial charge in [0.1, 0.15) is 13.2 Å². The maximum Gasteiger partial charge on any atom is 0.239 e. The molecule has 1 heterocycles. The average Bonchev–Trinajstić information content (AvgIpc) is 2.53. The number of anilines is 1. The first-order valence-electron chi connectivity index (χ1n) is 7.37. The van der Waals surface area contributed by atoms with Crippen LogP contribution in [0.25, 0.3) is 0 Å². The molecule has 0 amide bonds. The highest BCUT2D eigenvalue weighted by Crippen LogP contribution is 2.34. The van der Waals surface area contributed by atoms with Crippen LogP contribution >= 0.6 is 0 Å². The van der Waals surface area contributed by atoms with Crippen molar-refractivity contribution in [3.63, 3.8) is 0 Å². The molecule has 0 atom stereocenters. The van der Waals surface area contributed by atoms with Crippen LogP contribution in [0.4, 0.5) is 5.69 Å². The highest BCUT2D eigenvalue weighted by molar-refractivity contribution is 7.92. The summed E-state index contributed by atoms with van der Waals surface area (Å²) < 4.78 is 37.5. The SMILES string of the molecule is Cc1cccc(CS(=O)(=O)N(C)c2ccc3c(c2)OCCO3)c1. The van der Waals surface area contributed by atoms with Gasteiger partial charge in [0, 0.05) is 13.1 Å². The second-order valence-electron chi connectivity index (χ2n) is 5.54. The molecule has 0 radical (unpaired) electrons. The van der Waals surface area contributed by atoms with Gasteiger partial charge in [-0.3, -0.25) is 4.31 Å². The van der Waals surface area contributed by atoms with E-state index in [9.17, 15) is 8.42 Å². The van der Waals surface area contributed by atoms with E-state index < -0.39 is 10.0 Å². The lowest BCUT2D eigenvalue weighted by molar-refractivity contribution is 0.171. The molecule has 0 saturated carbocycles. The number of fused-ring (bicyclic) bond motifs is 1. The van der Waals surface area contributed by atoms with Gasteiger partial charge >= 0.3 is 0 Å². The molecule has 0 aliphatic carbocycles. The molecular formula is C17H19NO4S. The molecule has 0 N–H and O–H groups in total. The molecule has 1 aliphatic heterocycles. The molecule has 0 unspecified atom stereocenters. The normalized spacial score (nSPS) is 13.7. The Morgan fingerprint density at radius 3 is 2.52 bits per heavy atom. The van der Waals surface area contributed by atoms with Crippen LogP contribution in [0.1, 0.15) is 11.1 Å². The maximum atomic E-state index is 12.6. The molecule has 122 valence electrons. The fourth-order valence-electron chi connectivity index (χ4n) is 2.50. The molecular weight excluding hydrogens is 314 g/mol. The lowest BCUT2D eigenvalue weighted by Crippen LogP contribution is -2.28. The zero-order valence-corrected chi connectivity index (χ0v) is 14.0. The molecule has 2 aromatic carbocycles. The zero-order valence-electron chi connectivity index (χ0n) is 13.2. The van der Waals surface area contributed by atoms with Crippen LogP contribution in [0, 0.1) is 6.92 Å². The van der Waals surface area contributed by atoms with Crippen molar-refractivity contribution in [1.29, 1.82) is 0 Å². The van der Waals surface area contributed by atoms with Crippen molar-refractivity contribution < 1.29 is 17.9 Å². The molecule has 5 nitrogen and oxygen atoms in total. The second-order valence-corrected chi connectivity index (χ2v) is 7.54. The van der Waals surface area contributed by atoms with Gasteiger partial charge in [0.25, 0.3) is 0 Å². The highest BCUT2D eigenvalue weighted by atomic mass is 32.2. The van der Waals surface area contributed by atoms with Crippen molar-refractivity contribution in [2.24, 2.45) is 0 Å². The van der Waals surface area contributed by atoms with E-state index >= 15 is 0 Å². The number of ether oxygens (including phenoxy) is 2. The Labute approximate surface area is 136 Å². The van der Waals surface area contributed by atoms with E-state index in [2.05, 4.69) is 0 Å². The van der Waals surface area contributed by atoms with Gasteiger partial charge in [0.05, 0.1) is 11.4 Å². The summed E-state index contributed by atoms with van der Waals surface area (Å²) in [6.45, 7) is 2.92. The van der Waals surface area contributed by atoms with Crippen LogP contribution in [-0.2, 0) is 15.8 Å². The lowest BCUT2D eigenvalue weighted by atomic mass is 10.2. The topological polar surface area (TPSA) is 55.8 Å². The van der Waals surface area contributed by atoms with Crippen LogP contribution in [0.5, 0.6) is 11.5 Å². The van der Waals surface area contributed by atoms with E-state index in [1.54, 1.807) is 25.2 Å². The van der Waals surface area contributed by atoms with Gasteiger partial charge in [-0.15, -0.1) is 0 Å². The monoisotopic (exact) mass is 333 g/mol. The third kappa shape index (κ3) is 3.42. The molecule has 0 spiro atoms. The minimum atomic E-state index is -3.47. The Balaban J connectivity index is 1.85. The number of hydrogen-bond donors (Lipinski definition) is 0. The number of hydrogen-bond acceptors (Lipinski definition) is 4. The van der Waals surface area contributed by atoms with Gasteiger partial charge in [0.15, 0.2) is 11.5 Å². The van der Waals surface area contributed by atoms with Crippen molar-refractivity contribution >= 4 is 15.7 Å². The van der Waals surface area contributed by atoms with Crippen LogP contribution in [0.2, 0.25) is 0 Å². The summed E-state index contributed by atoms with van der Waals surface area (Å²) in [4.78, 5) is 0. The minimum absolute atomic E-state index is 0.0420. The van der Waals surface area contributed by atoms with Crippen LogP contribution in [-0.4, -0.2) is 28.7 Å². The quantitative estimate of drug-likeness (QED) is 0.863. The van der Waals surface area contributed by atoms with E-state index in [0.717, 1.165) is 11.1 Å². The molecule has 0 bridgehead atoms. The van der Waals surface area contributed by atoms with Crippen LogP contribution in [0.3, 0.4) is 0 Å². The van der Waals surface area contributed by atoms with Crippen molar-refractivity contribution in [3.8, 4) is 11.5 Å². The second kappa shape index (κ2) is 6.12. The van der Waals surface area contributed by atoms with Gasteiger partial charge in [0.2, 0.25) is 10.0 Å². The predicted octanol–water partition coefficient (Wildman–Crippen LogP) is 2.73. The van der Waals surface area contributed by atoms with Crippen molar-refractivity contribution in [2.45, 2.75) is 12.7 Å². The van der Waals surface area contributed by atoms with Gasteiger partial charge in [-0.1, -0.05) is 29.8 Å². The molecule has 0 aromatic heterocycles. The maximum absolute atomic E-state index is 12.6. The van der Waals surface area contributed by atoms with Crippen LogP contribution in [0.15, 0.2) is 42.5 Å². The Morgan fingerprint density at radius 1 is 1.04 bits per heavy atom. The molecule has 3 rings (SSSR count). The summed E-state index contributed by atoms with van der Waals surface area (Å²) in [7, 11) is -1.92. The number of aryl methyl sites for hydroxylation is 1. The molecule has 23 heavy (non-hydrogen) atoms. The summed E-state index contributed by atoms with van der Waals surface area (Å²) in [5.41, 5.74) is 2.37. The minimum Gasteiger partial charge on any atom is -0.486 e. The summed E-state index contributed by atoms with van der Waals surface area (Å²) in [5, 5.41) is 0. The first-order valence-corrected chi connectivity index (χ1v) is 8.98. The summed E-state index contributed by atoms with van der Waals surface area (Å²) in [6, 6.07) is 12.7. The van der Waals surface area contributed by atoms with Gasteiger partial charge in [-0.25, -0.2) is 8.42 Å². The Kier molecular flexibility index (Phi) is 4.17. The number of benzene rings is 2. The standard InChI is InChI=1S/C17H19NO4S/c1-13-4-3-5-14(10-13)12-23(19,20)18(2)15-6-7-16-17(11-15)22-9-8-21-16/h3-7,10-11H,8-9,12H2,1-2H3. The summed E-state index contributed by atoms with van der Waals surface area (Å²) >= 11 is 0. The molecule has 6 heteroatoms. The van der Waals surface area contributed by atoms with E-state index in [1.165, 1.54) is 4.31 Å². The number of sulfonamides is 1. The third-order valence-corrected chi connectivity index (χ3v) is 5.48. The average molecular weight is 333 g/mol. The Bertz CT molecular complexity index is 817. The Morgan fingerprint density at radius 2 is 1.78 bits per heavy atom. The lowest BCUT2D eigenvalue weighted by Gasteiger charge is -2.23. The summed E-state index contributed by atoms with van der Waals surface area (Å²) in [6.07, 6.45) is 0. The fourth-order valence-corrected chi connectivity index (χ4v) is 3.73. The zero-order chi connectivity index (χ0) is 16.4. The van der Waals surface area contributed by atoms with Crippen molar-refractivity contribution in [3.05, 3.63) is 53.6 Å². The number of nitrogens with zero attached hydrogens (tertiary/aromatic N) is 1. The fraction of sp³-hybridized carbons (Fsp3) is 0.294. The van der Waals surface area contributed by atoms with Crippen molar-refractivity contribution in [1.82, 2.24) is 0 Å². The molecule has 2 aromatic rings. The Hall–Kier alpha value is -2.21. The van der Waals surface area contributed by atoms with Crippen molar-refractivity contribution in [2.75, 3.05) is 24.6 Å². The number of rotatable bonds is 4.